The van der Waals surface area contributed by atoms with E-state index in [-0.39, 0.29) is 0 Å². The van der Waals surface area contributed by atoms with Crippen LogP contribution in [0, 0.1) is 0 Å². The normalized spacial score (nSPS) is 23.3. The molecule has 2 aromatic rings. The number of nitrogens with zero attached hydrogens (tertiary/aromatic N) is 2. The second-order valence-corrected chi connectivity index (χ2v) is 6.17. The highest BCUT2D eigenvalue weighted by Crippen LogP contribution is 2.30. The number of rotatable bonds is 6. The highest BCUT2D eigenvalue weighted by Gasteiger charge is 2.27. The summed E-state index contributed by atoms with van der Waals surface area (Å²) in [5.74, 6) is 0.617. The molecule has 0 aliphatic heterocycles. The van der Waals surface area contributed by atoms with E-state index >= 15 is 0 Å². The summed E-state index contributed by atoms with van der Waals surface area (Å²) in [6, 6.07) is 12.0. The van der Waals surface area contributed by atoms with Crippen molar-refractivity contribution in [2.75, 3.05) is 6.54 Å². The van der Waals surface area contributed by atoms with Crippen molar-refractivity contribution in [3.8, 4) is 0 Å². The minimum atomic E-state index is 0.583. The zero-order valence-electron chi connectivity index (χ0n) is 12.8. The van der Waals surface area contributed by atoms with Gasteiger partial charge >= 0.3 is 0 Å². The molecule has 0 saturated heterocycles. The average molecular weight is 283 g/mol. The Labute approximate surface area is 127 Å². The lowest BCUT2D eigenvalue weighted by atomic mass is 9.98. The van der Waals surface area contributed by atoms with Crippen molar-refractivity contribution in [3.05, 3.63) is 54.6 Å². The zero-order valence-corrected chi connectivity index (χ0v) is 12.8. The maximum atomic E-state index is 4.18. The molecule has 1 N–H and O–H groups in total. The number of benzene rings is 1. The van der Waals surface area contributed by atoms with Gasteiger partial charge in [-0.05, 0) is 43.7 Å². The lowest BCUT2D eigenvalue weighted by Gasteiger charge is -2.23. The van der Waals surface area contributed by atoms with Gasteiger partial charge in [0.2, 0.25) is 0 Å². The Balaban J connectivity index is 1.49. The summed E-state index contributed by atoms with van der Waals surface area (Å²) in [6.07, 6.45) is 11.0. The molecule has 3 atom stereocenters. The van der Waals surface area contributed by atoms with Gasteiger partial charge in [0.1, 0.15) is 0 Å². The van der Waals surface area contributed by atoms with Gasteiger partial charge in [-0.3, -0.25) is 0 Å². The first-order chi connectivity index (χ1) is 10.3. The maximum Gasteiger partial charge on any atom is 0.0949 e. The van der Waals surface area contributed by atoms with Crippen LogP contribution in [-0.2, 0) is 0 Å². The minimum absolute atomic E-state index is 0.583. The summed E-state index contributed by atoms with van der Waals surface area (Å²) < 4.78 is 2.27. The van der Waals surface area contributed by atoms with Gasteiger partial charge in [-0.1, -0.05) is 37.3 Å². The molecule has 3 nitrogen and oxygen atoms in total. The smallest absolute Gasteiger partial charge is 0.0949 e. The average Bonchev–Trinajstić information content (AvgIpc) is 3.18. The van der Waals surface area contributed by atoms with E-state index in [1.807, 2.05) is 12.5 Å². The van der Waals surface area contributed by atoms with Gasteiger partial charge in [-0.15, -0.1) is 0 Å². The second kappa shape index (κ2) is 6.90. The van der Waals surface area contributed by atoms with E-state index in [1.54, 1.807) is 0 Å². The molecule has 1 fully saturated rings. The van der Waals surface area contributed by atoms with Crippen molar-refractivity contribution >= 4 is 0 Å². The number of nitrogens with one attached hydrogen (secondary N) is 1. The molecular formula is C18H25N3. The minimum Gasteiger partial charge on any atom is -0.333 e. The summed E-state index contributed by atoms with van der Waals surface area (Å²) in [6.45, 7) is 3.41. The maximum absolute atomic E-state index is 4.18. The lowest BCUT2D eigenvalue weighted by molar-refractivity contribution is 0.386. The van der Waals surface area contributed by atoms with E-state index in [2.05, 4.69) is 58.3 Å². The van der Waals surface area contributed by atoms with Crippen LogP contribution in [0.2, 0.25) is 0 Å². The van der Waals surface area contributed by atoms with E-state index in [0.717, 1.165) is 6.54 Å². The fourth-order valence-electron chi connectivity index (χ4n) is 3.43. The van der Waals surface area contributed by atoms with Crippen molar-refractivity contribution < 1.29 is 0 Å². The van der Waals surface area contributed by atoms with Crippen LogP contribution in [0.4, 0.5) is 0 Å². The van der Waals surface area contributed by atoms with Crippen molar-refractivity contribution in [2.24, 2.45) is 0 Å². The van der Waals surface area contributed by atoms with Gasteiger partial charge in [0.05, 0.1) is 6.33 Å². The molecule has 0 radical (unpaired) electrons. The van der Waals surface area contributed by atoms with Crippen molar-refractivity contribution in [1.29, 1.82) is 0 Å². The summed E-state index contributed by atoms with van der Waals surface area (Å²) in [7, 11) is 0. The first-order valence-electron chi connectivity index (χ1n) is 8.10. The van der Waals surface area contributed by atoms with Crippen LogP contribution in [-0.4, -0.2) is 22.1 Å². The Morgan fingerprint density at radius 1 is 1.29 bits per heavy atom. The molecular weight excluding hydrogens is 258 g/mol. The molecule has 1 aromatic heterocycles. The van der Waals surface area contributed by atoms with Gasteiger partial charge in [0, 0.05) is 24.5 Å². The third-order valence-corrected chi connectivity index (χ3v) is 4.74. The molecule has 1 saturated carbocycles. The molecule has 0 bridgehead atoms. The first-order valence-corrected chi connectivity index (χ1v) is 8.10. The van der Waals surface area contributed by atoms with E-state index in [4.69, 9.17) is 0 Å². The fourth-order valence-corrected chi connectivity index (χ4v) is 3.43. The molecule has 3 unspecified atom stereocenters. The SMILES string of the molecule is CC(CCNC1CCCC1n1ccnc1)c1ccccc1. The van der Waals surface area contributed by atoms with E-state index in [1.165, 1.54) is 31.2 Å². The highest BCUT2D eigenvalue weighted by atomic mass is 15.1. The number of hydrogen-bond donors (Lipinski definition) is 1. The van der Waals surface area contributed by atoms with E-state index < -0.39 is 0 Å². The summed E-state index contributed by atoms with van der Waals surface area (Å²) in [4.78, 5) is 4.18. The third kappa shape index (κ3) is 3.53. The molecule has 1 aliphatic rings. The van der Waals surface area contributed by atoms with Gasteiger partial charge in [0.15, 0.2) is 0 Å². The standard InChI is InChI=1S/C18H25N3/c1-15(16-6-3-2-4-7-16)10-11-20-17-8-5-9-18(17)21-13-12-19-14-21/h2-4,6-7,12-15,17-18,20H,5,8-11H2,1H3. The first kappa shape index (κ1) is 14.3. The molecule has 0 spiro atoms. The predicted octanol–water partition coefficient (Wildman–Crippen LogP) is 3.76. The molecule has 0 amide bonds. The topological polar surface area (TPSA) is 29.9 Å². The fraction of sp³-hybridized carbons (Fsp3) is 0.500. The Morgan fingerprint density at radius 3 is 2.90 bits per heavy atom. The molecule has 21 heavy (non-hydrogen) atoms. The number of hydrogen-bond acceptors (Lipinski definition) is 2. The highest BCUT2D eigenvalue weighted by molar-refractivity contribution is 5.18. The van der Waals surface area contributed by atoms with Crippen LogP contribution in [0.3, 0.4) is 0 Å². The third-order valence-electron chi connectivity index (χ3n) is 4.74. The van der Waals surface area contributed by atoms with Crippen LogP contribution in [0.1, 0.15) is 50.1 Å². The van der Waals surface area contributed by atoms with Crippen molar-refractivity contribution in [3.63, 3.8) is 0 Å². The predicted molar refractivity (Wildman–Crippen MR) is 86.4 cm³/mol. The van der Waals surface area contributed by atoms with Crippen LogP contribution in [0.15, 0.2) is 49.1 Å². The van der Waals surface area contributed by atoms with E-state index in [0.29, 0.717) is 18.0 Å². The zero-order chi connectivity index (χ0) is 14.5. The van der Waals surface area contributed by atoms with Crippen molar-refractivity contribution in [2.45, 2.75) is 50.6 Å². The second-order valence-electron chi connectivity index (χ2n) is 6.17. The summed E-state index contributed by atoms with van der Waals surface area (Å²) in [5.41, 5.74) is 1.44. The van der Waals surface area contributed by atoms with Crippen LogP contribution < -0.4 is 5.32 Å². The summed E-state index contributed by atoms with van der Waals surface area (Å²) in [5, 5.41) is 3.77. The molecule has 1 heterocycles. The molecule has 3 heteroatoms. The quantitative estimate of drug-likeness (QED) is 0.875. The van der Waals surface area contributed by atoms with Gasteiger partial charge in [-0.2, -0.15) is 0 Å². The Kier molecular flexibility index (Phi) is 4.71. The Hall–Kier alpha value is -1.61. The van der Waals surface area contributed by atoms with Crippen LogP contribution in [0.25, 0.3) is 0 Å². The molecule has 112 valence electrons. The lowest BCUT2D eigenvalue weighted by Crippen LogP contribution is -2.34. The Morgan fingerprint density at radius 2 is 2.14 bits per heavy atom. The van der Waals surface area contributed by atoms with Crippen LogP contribution >= 0.6 is 0 Å². The summed E-state index contributed by atoms with van der Waals surface area (Å²) >= 11 is 0. The van der Waals surface area contributed by atoms with Gasteiger partial charge < -0.3 is 9.88 Å². The van der Waals surface area contributed by atoms with E-state index in [9.17, 15) is 0 Å². The van der Waals surface area contributed by atoms with Gasteiger partial charge in [0.25, 0.3) is 0 Å². The van der Waals surface area contributed by atoms with Crippen molar-refractivity contribution in [1.82, 2.24) is 14.9 Å². The number of aromatic nitrogens is 2. The molecule has 3 rings (SSSR count). The van der Waals surface area contributed by atoms with Gasteiger partial charge in [-0.25, -0.2) is 4.98 Å². The molecule has 1 aliphatic carbocycles. The number of imidazole rings is 1. The largest absolute Gasteiger partial charge is 0.333 e. The van der Waals surface area contributed by atoms with Crippen LogP contribution in [0.5, 0.6) is 0 Å². The monoisotopic (exact) mass is 283 g/mol. The Bertz CT molecular complexity index is 521. The molecule has 1 aromatic carbocycles.